The van der Waals surface area contributed by atoms with E-state index in [4.69, 9.17) is 19.9 Å². The van der Waals surface area contributed by atoms with Gasteiger partial charge in [0.1, 0.15) is 0 Å². The van der Waals surface area contributed by atoms with Crippen LogP contribution in [-0.2, 0) is 0 Å². The van der Waals surface area contributed by atoms with Crippen LogP contribution in [0.25, 0.3) is 117 Å². The Morgan fingerprint density at radius 2 is 0.730 bits per heavy atom. The van der Waals surface area contributed by atoms with Gasteiger partial charge in [-0.1, -0.05) is 188 Å². The van der Waals surface area contributed by atoms with E-state index in [9.17, 15) is 0 Å². The third kappa shape index (κ3) is 6.42. The highest BCUT2D eigenvalue weighted by atomic mass is 15.0. The van der Waals surface area contributed by atoms with Crippen LogP contribution in [0.4, 0.5) is 0 Å². The van der Waals surface area contributed by atoms with E-state index in [1.807, 2.05) is 36.4 Å². The van der Waals surface area contributed by atoms with Crippen molar-refractivity contribution in [1.82, 2.24) is 24.5 Å². The van der Waals surface area contributed by atoms with Crippen molar-refractivity contribution < 1.29 is 0 Å². The summed E-state index contributed by atoms with van der Waals surface area (Å²) in [5.74, 6) is 1.89. The van der Waals surface area contributed by atoms with Crippen molar-refractivity contribution in [2.24, 2.45) is 0 Å². The lowest BCUT2D eigenvalue weighted by molar-refractivity contribution is 1.07. The molecule has 0 bridgehead atoms. The van der Waals surface area contributed by atoms with E-state index >= 15 is 0 Å². The first-order valence-electron chi connectivity index (χ1n) is 21.2. The zero-order valence-electron chi connectivity index (χ0n) is 34.1. The highest BCUT2D eigenvalue weighted by molar-refractivity contribution is 6.29. The molecule has 294 valence electrons. The molecular weight excluding hydrogens is 767 g/mol. The van der Waals surface area contributed by atoms with Crippen LogP contribution < -0.4 is 0 Å². The molecule has 0 aliphatic rings. The van der Waals surface area contributed by atoms with E-state index in [1.165, 1.54) is 27.2 Å². The minimum atomic E-state index is 0.622. The Bertz CT molecular complexity index is 3620. The molecule has 3 aromatic heterocycles. The fourth-order valence-electron chi connectivity index (χ4n) is 9.01. The van der Waals surface area contributed by atoms with Gasteiger partial charge in [0.25, 0.3) is 0 Å². The van der Waals surface area contributed by atoms with Gasteiger partial charge in [-0.05, 0) is 58.7 Å². The number of fused-ring (bicyclic) bond motifs is 7. The fourth-order valence-corrected chi connectivity index (χ4v) is 9.01. The highest BCUT2D eigenvalue weighted by Gasteiger charge is 2.20. The molecule has 3 heterocycles. The first-order chi connectivity index (χ1) is 31.2. The Morgan fingerprint density at radius 3 is 1.35 bits per heavy atom. The van der Waals surface area contributed by atoms with Gasteiger partial charge in [-0.2, -0.15) is 0 Å². The number of benzene rings is 9. The Balaban J connectivity index is 1.00. The number of hydrogen-bond acceptors (Lipinski definition) is 4. The monoisotopic (exact) mass is 803 g/mol. The minimum Gasteiger partial charge on any atom is -0.309 e. The number of pyridine rings is 1. The van der Waals surface area contributed by atoms with Crippen LogP contribution in [0.15, 0.2) is 224 Å². The molecule has 0 atom stereocenters. The molecule has 0 fully saturated rings. The molecule has 5 heteroatoms. The summed E-state index contributed by atoms with van der Waals surface area (Å²) in [6, 6.07) is 78.7. The van der Waals surface area contributed by atoms with Gasteiger partial charge in [0.05, 0.1) is 22.2 Å². The summed E-state index contributed by atoms with van der Waals surface area (Å²) in [6.45, 7) is 0. The predicted octanol–water partition coefficient (Wildman–Crippen LogP) is 14.7. The first kappa shape index (κ1) is 36.3. The largest absolute Gasteiger partial charge is 0.309 e. The molecular formula is C58H37N5. The van der Waals surface area contributed by atoms with Crippen LogP contribution in [0.5, 0.6) is 0 Å². The molecule has 0 N–H and O–H groups in total. The Kier molecular flexibility index (Phi) is 8.75. The van der Waals surface area contributed by atoms with Crippen molar-refractivity contribution in [1.29, 1.82) is 0 Å². The molecule has 63 heavy (non-hydrogen) atoms. The van der Waals surface area contributed by atoms with Crippen molar-refractivity contribution in [3.05, 3.63) is 224 Å². The van der Waals surface area contributed by atoms with Gasteiger partial charge in [-0.15, -0.1) is 0 Å². The van der Waals surface area contributed by atoms with Crippen LogP contribution in [0, 0.1) is 0 Å². The van der Waals surface area contributed by atoms with Crippen molar-refractivity contribution >= 4 is 43.5 Å². The smallest absolute Gasteiger partial charge is 0.164 e. The van der Waals surface area contributed by atoms with Crippen LogP contribution >= 0.6 is 0 Å². The molecule has 0 radical (unpaired) electrons. The Labute approximate surface area is 364 Å². The Hall–Kier alpha value is -8.54. The molecule has 0 aliphatic carbocycles. The second kappa shape index (κ2) is 15.2. The molecule has 12 aromatic rings. The molecule has 12 rings (SSSR count). The summed E-state index contributed by atoms with van der Waals surface area (Å²) in [7, 11) is 0. The molecule has 0 aliphatic heterocycles. The second-order valence-corrected chi connectivity index (χ2v) is 15.8. The molecule has 9 aromatic carbocycles. The predicted molar refractivity (Wildman–Crippen MR) is 260 cm³/mol. The van der Waals surface area contributed by atoms with Gasteiger partial charge in [-0.3, -0.25) is 0 Å². The summed E-state index contributed by atoms with van der Waals surface area (Å²) in [4.78, 5) is 20.4. The van der Waals surface area contributed by atoms with E-state index in [0.29, 0.717) is 17.5 Å². The molecule has 0 saturated heterocycles. The van der Waals surface area contributed by atoms with E-state index in [1.54, 1.807) is 0 Å². The quantitative estimate of drug-likeness (QED) is 0.151. The van der Waals surface area contributed by atoms with Crippen LogP contribution in [-0.4, -0.2) is 24.5 Å². The van der Waals surface area contributed by atoms with Crippen LogP contribution in [0.3, 0.4) is 0 Å². The van der Waals surface area contributed by atoms with Crippen LogP contribution in [0.1, 0.15) is 0 Å². The summed E-state index contributed by atoms with van der Waals surface area (Å²) in [6.07, 6.45) is 0. The maximum Gasteiger partial charge on any atom is 0.164 e. The Morgan fingerprint density at radius 1 is 0.270 bits per heavy atom. The molecule has 0 spiro atoms. The van der Waals surface area contributed by atoms with E-state index < -0.39 is 0 Å². The van der Waals surface area contributed by atoms with E-state index in [-0.39, 0.29) is 0 Å². The third-order valence-corrected chi connectivity index (χ3v) is 12.0. The van der Waals surface area contributed by atoms with Crippen molar-refractivity contribution in [2.45, 2.75) is 0 Å². The maximum absolute atomic E-state index is 5.37. The lowest BCUT2D eigenvalue weighted by Crippen LogP contribution is -2.00. The van der Waals surface area contributed by atoms with Gasteiger partial charge in [0, 0.05) is 54.9 Å². The summed E-state index contributed by atoms with van der Waals surface area (Å²) >= 11 is 0. The minimum absolute atomic E-state index is 0.622. The average Bonchev–Trinajstić information content (AvgIpc) is 3.71. The fraction of sp³-hybridized carbons (Fsp3) is 0. The van der Waals surface area contributed by atoms with Crippen LogP contribution in [0.2, 0.25) is 0 Å². The standard InChI is InChI=1S/C58H37N5/c1-5-15-38(16-6-1)39-25-29-43(30-26-39)57-60-56(42-19-9-3-10-20-42)61-58(62-57)44-31-27-40(28-32-44)45-33-35-50-49(37-45)53-48(55(59-50)41-17-7-2-8-18-41)34-36-52-54(53)47-23-13-14-24-51(47)63(52)46-21-11-4-12-22-46/h1-37H. The zero-order chi connectivity index (χ0) is 41.7. The third-order valence-electron chi connectivity index (χ3n) is 12.0. The van der Waals surface area contributed by atoms with Crippen molar-refractivity contribution in [2.75, 3.05) is 0 Å². The van der Waals surface area contributed by atoms with Gasteiger partial charge in [0.2, 0.25) is 0 Å². The van der Waals surface area contributed by atoms with Gasteiger partial charge < -0.3 is 4.57 Å². The SMILES string of the molecule is c1ccc(-c2ccc(-c3nc(-c4ccccc4)nc(-c4ccc(-c5ccc6nc(-c7ccccc7)c7ccc8c(c9ccccc9n8-c8ccccc8)c7c6c5)cc4)n3)cc2)cc1. The molecule has 5 nitrogen and oxygen atoms in total. The van der Waals surface area contributed by atoms with E-state index in [2.05, 4.69) is 193 Å². The van der Waals surface area contributed by atoms with Crippen molar-refractivity contribution in [3.63, 3.8) is 0 Å². The number of nitrogens with zero attached hydrogens (tertiary/aromatic N) is 5. The lowest BCUT2D eigenvalue weighted by atomic mass is 9.94. The number of rotatable bonds is 7. The summed E-state index contributed by atoms with van der Waals surface area (Å²) in [5, 5.41) is 5.86. The maximum atomic E-state index is 5.37. The first-order valence-corrected chi connectivity index (χ1v) is 21.2. The average molecular weight is 804 g/mol. The number of aromatic nitrogens is 5. The van der Waals surface area contributed by atoms with Gasteiger partial charge in [-0.25, -0.2) is 19.9 Å². The van der Waals surface area contributed by atoms with Crippen molar-refractivity contribution in [3.8, 4) is 73.4 Å². The lowest BCUT2D eigenvalue weighted by Gasteiger charge is -2.14. The molecule has 0 unspecified atom stereocenters. The zero-order valence-corrected chi connectivity index (χ0v) is 34.1. The van der Waals surface area contributed by atoms with Gasteiger partial charge in [0.15, 0.2) is 17.5 Å². The van der Waals surface area contributed by atoms with Gasteiger partial charge >= 0.3 is 0 Å². The topological polar surface area (TPSA) is 56.5 Å². The number of para-hydroxylation sites is 2. The summed E-state index contributed by atoms with van der Waals surface area (Å²) in [5.41, 5.74) is 13.8. The second-order valence-electron chi connectivity index (χ2n) is 15.8. The highest BCUT2D eigenvalue weighted by Crippen LogP contribution is 2.43. The molecule has 0 saturated carbocycles. The molecule has 0 amide bonds. The summed E-state index contributed by atoms with van der Waals surface area (Å²) < 4.78 is 2.39. The normalized spacial score (nSPS) is 11.5. The van der Waals surface area contributed by atoms with E-state index in [0.717, 1.165) is 72.1 Å². The number of hydrogen-bond donors (Lipinski definition) is 0.